The molecule has 1 unspecified atom stereocenters. The van der Waals surface area contributed by atoms with Crippen molar-refractivity contribution in [2.75, 3.05) is 6.54 Å². The number of aromatic amines is 1. The van der Waals surface area contributed by atoms with Crippen LogP contribution in [-0.2, 0) is 6.54 Å². The second-order valence-electron chi connectivity index (χ2n) is 3.71. The van der Waals surface area contributed by atoms with E-state index in [1.807, 2.05) is 6.92 Å². The zero-order chi connectivity index (χ0) is 11.3. The molecule has 0 amide bonds. The van der Waals surface area contributed by atoms with Gasteiger partial charge in [-0.1, -0.05) is 20.8 Å². The molecular weight excluding hydrogens is 190 g/mol. The molecule has 2 N–H and O–H groups in total. The molecule has 0 saturated carbocycles. The van der Waals surface area contributed by atoms with E-state index in [9.17, 15) is 4.79 Å². The summed E-state index contributed by atoms with van der Waals surface area (Å²) in [7, 11) is 0. The zero-order valence-corrected chi connectivity index (χ0v) is 9.63. The lowest BCUT2D eigenvalue weighted by atomic mass is 10.1. The molecule has 1 aromatic heterocycles. The summed E-state index contributed by atoms with van der Waals surface area (Å²) in [4.78, 5) is 18.6. The molecule has 1 atom stereocenters. The highest BCUT2D eigenvalue weighted by Gasteiger charge is 2.07. The van der Waals surface area contributed by atoms with Crippen LogP contribution in [0.1, 0.15) is 44.6 Å². The Morgan fingerprint density at radius 2 is 2.27 bits per heavy atom. The van der Waals surface area contributed by atoms with Gasteiger partial charge in [0.05, 0.1) is 5.69 Å². The zero-order valence-electron chi connectivity index (χ0n) is 9.63. The van der Waals surface area contributed by atoms with Gasteiger partial charge in [0.15, 0.2) is 0 Å². The van der Waals surface area contributed by atoms with Crippen LogP contribution < -0.4 is 10.9 Å². The van der Waals surface area contributed by atoms with Gasteiger partial charge < -0.3 is 10.3 Å². The topological polar surface area (TPSA) is 57.8 Å². The van der Waals surface area contributed by atoms with E-state index in [1.54, 1.807) is 6.07 Å². The number of hydrogen-bond donors (Lipinski definition) is 2. The standard InChI is InChI=1S/C11H19N3O/c1-4-8(3)11-13-9(7-12-5-2)6-10(15)14-11/h6,8,12H,4-5,7H2,1-3H3,(H,13,14,15). The minimum Gasteiger partial charge on any atom is -0.311 e. The average Bonchev–Trinajstić information content (AvgIpc) is 2.24. The van der Waals surface area contributed by atoms with Crippen molar-refractivity contribution in [2.45, 2.75) is 39.7 Å². The number of nitrogens with zero attached hydrogens (tertiary/aromatic N) is 1. The van der Waals surface area contributed by atoms with E-state index in [1.165, 1.54) is 0 Å². The van der Waals surface area contributed by atoms with Crippen LogP contribution in [0.3, 0.4) is 0 Å². The fraction of sp³-hybridized carbons (Fsp3) is 0.636. The summed E-state index contributed by atoms with van der Waals surface area (Å²) < 4.78 is 0. The van der Waals surface area contributed by atoms with Gasteiger partial charge in [-0.2, -0.15) is 0 Å². The first-order valence-corrected chi connectivity index (χ1v) is 5.48. The highest BCUT2D eigenvalue weighted by Crippen LogP contribution is 2.12. The Morgan fingerprint density at radius 3 is 2.87 bits per heavy atom. The minimum absolute atomic E-state index is 0.0618. The molecule has 1 rings (SSSR count). The van der Waals surface area contributed by atoms with Crippen LogP contribution >= 0.6 is 0 Å². The first kappa shape index (κ1) is 11.9. The first-order chi connectivity index (χ1) is 7.17. The Labute approximate surface area is 90.1 Å². The van der Waals surface area contributed by atoms with Crippen molar-refractivity contribution < 1.29 is 0 Å². The van der Waals surface area contributed by atoms with Gasteiger partial charge in [-0.3, -0.25) is 4.79 Å². The lowest BCUT2D eigenvalue weighted by Crippen LogP contribution is -2.19. The maximum atomic E-state index is 11.4. The van der Waals surface area contributed by atoms with Crippen LogP contribution in [0.2, 0.25) is 0 Å². The summed E-state index contributed by atoms with van der Waals surface area (Å²) in [6.07, 6.45) is 0.980. The van der Waals surface area contributed by atoms with Gasteiger partial charge >= 0.3 is 0 Å². The van der Waals surface area contributed by atoms with Crippen LogP contribution in [-0.4, -0.2) is 16.5 Å². The van der Waals surface area contributed by atoms with E-state index in [-0.39, 0.29) is 5.56 Å². The number of aromatic nitrogens is 2. The summed E-state index contributed by atoms with van der Waals surface area (Å²) >= 11 is 0. The molecular formula is C11H19N3O. The van der Waals surface area contributed by atoms with E-state index < -0.39 is 0 Å². The van der Waals surface area contributed by atoms with Gasteiger partial charge in [0, 0.05) is 18.5 Å². The van der Waals surface area contributed by atoms with Crippen LogP contribution in [0.25, 0.3) is 0 Å². The molecule has 4 heteroatoms. The lowest BCUT2D eigenvalue weighted by molar-refractivity contribution is 0.648. The molecule has 1 heterocycles. The molecule has 0 fully saturated rings. The fourth-order valence-corrected chi connectivity index (χ4v) is 1.30. The highest BCUT2D eigenvalue weighted by molar-refractivity contribution is 5.05. The van der Waals surface area contributed by atoms with Crippen molar-refractivity contribution in [3.63, 3.8) is 0 Å². The maximum Gasteiger partial charge on any atom is 0.251 e. The Hall–Kier alpha value is -1.16. The van der Waals surface area contributed by atoms with Crippen molar-refractivity contribution in [3.05, 3.63) is 27.9 Å². The van der Waals surface area contributed by atoms with Crippen LogP contribution in [0, 0.1) is 0 Å². The summed E-state index contributed by atoms with van der Waals surface area (Å²) in [6, 6.07) is 1.55. The van der Waals surface area contributed by atoms with Gasteiger partial charge in [-0.15, -0.1) is 0 Å². The summed E-state index contributed by atoms with van der Waals surface area (Å²) in [5.74, 6) is 1.09. The predicted octanol–water partition coefficient (Wildman–Crippen LogP) is 1.39. The third-order valence-electron chi connectivity index (χ3n) is 2.45. The van der Waals surface area contributed by atoms with Crippen LogP contribution in [0.5, 0.6) is 0 Å². The molecule has 0 aliphatic rings. The quantitative estimate of drug-likeness (QED) is 0.770. The van der Waals surface area contributed by atoms with Crippen molar-refractivity contribution in [2.24, 2.45) is 0 Å². The molecule has 4 nitrogen and oxygen atoms in total. The molecule has 84 valence electrons. The monoisotopic (exact) mass is 209 g/mol. The van der Waals surface area contributed by atoms with Gasteiger partial charge in [0.25, 0.3) is 5.56 Å². The Morgan fingerprint density at radius 1 is 1.53 bits per heavy atom. The van der Waals surface area contributed by atoms with Gasteiger partial charge in [-0.25, -0.2) is 4.98 Å². The Kier molecular flexibility index (Phi) is 4.49. The molecule has 0 aromatic carbocycles. The molecule has 0 bridgehead atoms. The van der Waals surface area contributed by atoms with E-state index in [4.69, 9.17) is 0 Å². The molecule has 0 aliphatic heterocycles. The third kappa shape index (κ3) is 3.47. The Balaban J connectivity index is 2.89. The van der Waals surface area contributed by atoms with E-state index >= 15 is 0 Å². The molecule has 0 saturated heterocycles. The molecule has 0 radical (unpaired) electrons. The second kappa shape index (κ2) is 5.66. The van der Waals surface area contributed by atoms with Gasteiger partial charge in [0.1, 0.15) is 5.82 Å². The predicted molar refractivity (Wildman–Crippen MR) is 60.9 cm³/mol. The van der Waals surface area contributed by atoms with E-state index in [0.29, 0.717) is 12.5 Å². The molecule has 0 spiro atoms. The molecule has 15 heavy (non-hydrogen) atoms. The first-order valence-electron chi connectivity index (χ1n) is 5.48. The van der Waals surface area contributed by atoms with Crippen LogP contribution in [0.15, 0.2) is 10.9 Å². The third-order valence-corrected chi connectivity index (χ3v) is 2.45. The molecule has 0 aliphatic carbocycles. The average molecular weight is 209 g/mol. The van der Waals surface area contributed by atoms with E-state index in [2.05, 4.69) is 29.1 Å². The maximum absolute atomic E-state index is 11.4. The van der Waals surface area contributed by atoms with Crippen LogP contribution in [0.4, 0.5) is 0 Å². The van der Waals surface area contributed by atoms with Crippen molar-refractivity contribution in [1.29, 1.82) is 0 Å². The number of H-pyrrole nitrogens is 1. The summed E-state index contributed by atoms with van der Waals surface area (Å²) in [5.41, 5.74) is 0.754. The smallest absolute Gasteiger partial charge is 0.251 e. The van der Waals surface area contributed by atoms with E-state index in [0.717, 1.165) is 24.5 Å². The highest BCUT2D eigenvalue weighted by atomic mass is 16.1. The lowest BCUT2D eigenvalue weighted by Gasteiger charge is -2.09. The van der Waals surface area contributed by atoms with Gasteiger partial charge in [0.2, 0.25) is 0 Å². The van der Waals surface area contributed by atoms with Gasteiger partial charge in [-0.05, 0) is 13.0 Å². The van der Waals surface area contributed by atoms with Crippen molar-refractivity contribution in [3.8, 4) is 0 Å². The van der Waals surface area contributed by atoms with Crippen molar-refractivity contribution >= 4 is 0 Å². The number of rotatable bonds is 5. The number of nitrogens with one attached hydrogen (secondary N) is 2. The minimum atomic E-state index is -0.0618. The summed E-state index contributed by atoms with van der Waals surface area (Å²) in [6.45, 7) is 7.72. The van der Waals surface area contributed by atoms with Crippen molar-refractivity contribution in [1.82, 2.24) is 15.3 Å². The number of hydrogen-bond acceptors (Lipinski definition) is 3. The molecule has 1 aromatic rings. The second-order valence-corrected chi connectivity index (χ2v) is 3.71. The Bertz CT molecular complexity index is 359. The summed E-state index contributed by atoms with van der Waals surface area (Å²) in [5, 5.41) is 3.16. The SMILES string of the molecule is CCNCc1cc(=O)[nH]c(C(C)CC)n1. The normalized spacial score (nSPS) is 12.7. The largest absolute Gasteiger partial charge is 0.311 e. The fourth-order valence-electron chi connectivity index (χ4n) is 1.30.